The fraction of sp³-hybridized carbons (Fsp3) is 0. The van der Waals surface area contributed by atoms with E-state index in [0.717, 1.165) is 5.56 Å². The van der Waals surface area contributed by atoms with E-state index in [1.807, 2.05) is 12.1 Å². The summed E-state index contributed by atoms with van der Waals surface area (Å²) in [7, 11) is 0. The zero-order chi connectivity index (χ0) is 10.8. The maximum atomic E-state index is 5.77. The fourth-order valence-electron chi connectivity index (χ4n) is 1.14. The molecule has 0 fully saturated rings. The van der Waals surface area contributed by atoms with Gasteiger partial charge in [-0.1, -0.05) is 11.6 Å². The topological polar surface area (TPSA) is 77.8 Å². The standard InChI is InChI=1S/C10H9ClN4/c11-7-3-1-6(2-4-7)10-14-5-8(12)9(13)15-10/h1-5H,12H2,(H2,13,14,15). The molecule has 0 radical (unpaired) electrons. The van der Waals surface area contributed by atoms with E-state index in [0.29, 0.717) is 16.5 Å². The maximum Gasteiger partial charge on any atom is 0.161 e. The van der Waals surface area contributed by atoms with E-state index in [1.165, 1.54) is 6.20 Å². The van der Waals surface area contributed by atoms with Crippen molar-refractivity contribution in [2.45, 2.75) is 0 Å². The lowest BCUT2D eigenvalue weighted by Gasteiger charge is -2.02. The molecule has 0 saturated heterocycles. The number of aromatic nitrogens is 2. The second-order valence-electron chi connectivity index (χ2n) is 3.04. The maximum absolute atomic E-state index is 5.77. The van der Waals surface area contributed by atoms with Crippen molar-refractivity contribution in [1.29, 1.82) is 0 Å². The van der Waals surface area contributed by atoms with Gasteiger partial charge in [-0.25, -0.2) is 9.97 Å². The molecule has 4 nitrogen and oxygen atoms in total. The van der Waals surface area contributed by atoms with Crippen LogP contribution >= 0.6 is 11.6 Å². The van der Waals surface area contributed by atoms with E-state index < -0.39 is 0 Å². The summed E-state index contributed by atoms with van der Waals surface area (Å²) in [6, 6.07) is 7.19. The molecule has 1 aromatic carbocycles. The van der Waals surface area contributed by atoms with Crippen molar-refractivity contribution in [3.05, 3.63) is 35.5 Å². The summed E-state index contributed by atoms with van der Waals surface area (Å²) in [5, 5.41) is 0.669. The molecular weight excluding hydrogens is 212 g/mol. The summed E-state index contributed by atoms with van der Waals surface area (Å²) in [6.45, 7) is 0. The van der Waals surface area contributed by atoms with Gasteiger partial charge in [-0.3, -0.25) is 0 Å². The SMILES string of the molecule is Nc1cnc(-c2ccc(Cl)cc2)nc1N. The lowest BCUT2D eigenvalue weighted by Crippen LogP contribution is -2.00. The summed E-state index contributed by atoms with van der Waals surface area (Å²) < 4.78 is 0. The number of rotatable bonds is 1. The molecule has 0 aliphatic rings. The van der Waals surface area contributed by atoms with Crippen LogP contribution in [-0.4, -0.2) is 9.97 Å². The summed E-state index contributed by atoms with van der Waals surface area (Å²) >= 11 is 5.77. The lowest BCUT2D eigenvalue weighted by atomic mass is 10.2. The zero-order valence-corrected chi connectivity index (χ0v) is 8.57. The predicted molar refractivity (Wildman–Crippen MR) is 61.3 cm³/mol. The first-order valence-electron chi connectivity index (χ1n) is 4.31. The van der Waals surface area contributed by atoms with Gasteiger partial charge in [-0.15, -0.1) is 0 Å². The highest BCUT2D eigenvalue weighted by Gasteiger charge is 2.03. The highest BCUT2D eigenvalue weighted by molar-refractivity contribution is 6.30. The van der Waals surface area contributed by atoms with E-state index in [-0.39, 0.29) is 5.82 Å². The van der Waals surface area contributed by atoms with E-state index in [4.69, 9.17) is 23.1 Å². The number of anilines is 2. The molecule has 0 unspecified atom stereocenters. The van der Waals surface area contributed by atoms with Crippen LogP contribution in [0.5, 0.6) is 0 Å². The average Bonchev–Trinajstić information content (AvgIpc) is 2.23. The Hall–Kier alpha value is -1.81. The molecule has 0 bridgehead atoms. The minimum atomic E-state index is 0.287. The first-order chi connectivity index (χ1) is 7.16. The summed E-state index contributed by atoms with van der Waals surface area (Å²) in [6.07, 6.45) is 1.49. The zero-order valence-electron chi connectivity index (χ0n) is 7.81. The molecule has 0 saturated carbocycles. The van der Waals surface area contributed by atoms with Gasteiger partial charge in [0.2, 0.25) is 0 Å². The van der Waals surface area contributed by atoms with Crippen LogP contribution in [0.4, 0.5) is 11.5 Å². The van der Waals surface area contributed by atoms with Gasteiger partial charge in [-0.2, -0.15) is 0 Å². The molecule has 1 aromatic heterocycles. The van der Waals surface area contributed by atoms with Crippen LogP contribution in [0, 0.1) is 0 Å². The third-order valence-electron chi connectivity index (χ3n) is 1.95. The highest BCUT2D eigenvalue weighted by atomic mass is 35.5. The fourth-order valence-corrected chi connectivity index (χ4v) is 1.27. The van der Waals surface area contributed by atoms with E-state index >= 15 is 0 Å². The van der Waals surface area contributed by atoms with Crippen molar-refractivity contribution in [1.82, 2.24) is 9.97 Å². The Balaban J connectivity index is 2.45. The molecule has 5 heteroatoms. The van der Waals surface area contributed by atoms with Crippen molar-refractivity contribution in [2.75, 3.05) is 11.5 Å². The van der Waals surface area contributed by atoms with Crippen molar-refractivity contribution >= 4 is 23.1 Å². The largest absolute Gasteiger partial charge is 0.394 e. The van der Waals surface area contributed by atoms with Crippen molar-refractivity contribution in [3.8, 4) is 11.4 Å². The van der Waals surface area contributed by atoms with Crippen LogP contribution in [0.3, 0.4) is 0 Å². The normalized spacial score (nSPS) is 10.2. The Morgan fingerprint density at radius 2 is 1.73 bits per heavy atom. The van der Waals surface area contributed by atoms with E-state index in [1.54, 1.807) is 12.1 Å². The summed E-state index contributed by atoms with van der Waals surface area (Å²) in [5.74, 6) is 0.827. The van der Waals surface area contributed by atoms with Gasteiger partial charge in [0.1, 0.15) is 0 Å². The Labute approximate surface area is 91.9 Å². The number of nitrogens with zero attached hydrogens (tertiary/aromatic N) is 2. The lowest BCUT2D eigenvalue weighted by molar-refractivity contribution is 1.19. The van der Waals surface area contributed by atoms with Gasteiger partial charge in [0, 0.05) is 10.6 Å². The second-order valence-corrected chi connectivity index (χ2v) is 3.48. The van der Waals surface area contributed by atoms with Crippen LogP contribution in [0.2, 0.25) is 5.02 Å². The highest BCUT2D eigenvalue weighted by Crippen LogP contribution is 2.20. The Morgan fingerprint density at radius 1 is 1.07 bits per heavy atom. The van der Waals surface area contributed by atoms with Crippen LogP contribution in [0.15, 0.2) is 30.5 Å². The van der Waals surface area contributed by atoms with Crippen LogP contribution in [0.25, 0.3) is 11.4 Å². The number of nitrogen functional groups attached to an aromatic ring is 2. The average molecular weight is 221 g/mol. The molecule has 76 valence electrons. The number of nitrogens with two attached hydrogens (primary N) is 2. The van der Waals surface area contributed by atoms with Crippen molar-refractivity contribution < 1.29 is 0 Å². The third-order valence-corrected chi connectivity index (χ3v) is 2.20. The third kappa shape index (κ3) is 1.99. The van der Waals surface area contributed by atoms with Gasteiger partial charge < -0.3 is 11.5 Å². The Bertz CT molecular complexity index is 481. The van der Waals surface area contributed by atoms with Crippen LogP contribution in [-0.2, 0) is 0 Å². The van der Waals surface area contributed by atoms with Gasteiger partial charge in [0.25, 0.3) is 0 Å². The molecule has 0 aliphatic heterocycles. The molecule has 4 N–H and O–H groups in total. The van der Waals surface area contributed by atoms with Crippen molar-refractivity contribution in [3.63, 3.8) is 0 Å². The van der Waals surface area contributed by atoms with Crippen molar-refractivity contribution in [2.24, 2.45) is 0 Å². The molecule has 0 aliphatic carbocycles. The van der Waals surface area contributed by atoms with E-state index in [9.17, 15) is 0 Å². The molecule has 15 heavy (non-hydrogen) atoms. The number of hydrogen-bond acceptors (Lipinski definition) is 4. The summed E-state index contributed by atoms with van der Waals surface area (Å²) in [5.41, 5.74) is 12.3. The van der Waals surface area contributed by atoms with Gasteiger partial charge in [-0.05, 0) is 24.3 Å². The smallest absolute Gasteiger partial charge is 0.161 e. The molecule has 0 amide bonds. The van der Waals surface area contributed by atoms with Gasteiger partial charge >= 0.3 is 0 Å². The van der Waals surface area contributed by atoms with Crippen LogP contribution < -0.4 is 11.5 Å². The molecule has 1 heterocycles. The molecule has 0 atom stereocenters. The first-order valence-corrected chi connectivity index (χ1v) is 4.68. The molecule has 0 spiro atoms. The minimum Gasteiger partial charge on any atom is -0.394 e. The van der Waals surface area contributed by atoms with E-state index in [2.05, 4.69) is 9.97 Å². The first kappa shape index (κ1) is 9.73. The van der Waals surface area contributed by atoms with Crippen LogP contribution in [0.1, 0.15) is 0 Å². The number of benzene rings is 1. The van der Waals surface area contributed by atoms with Gasteiger partial charge in [0.05, 0.1) is 11.9 Å². The number of hydrogen-bond donors (Lipinski definition) is 2. The number of halogens is 1. The summed E-state index contributed by atoms with van der Waals surface area (Å²) in [4.78, 5) is 8.15. The monoisotopic (exact) mass is 220 g/mol. The quantitative estimate of drug-likeness (QED) is 0.770. The molecular formula is C10H9ClN4. The molecule has 2 rings (SSSR count). The predicted octanol–water partition coefficient (Wildman–Crippen LogP) is 1.96. The molecule has 2 aromatic rings. The second kappa shape index (κ2) is 3.74. The minimum absolute atomic E-state index is 0.287. The van der Waals surface area contributed by atoms with Gasteiger partial charge in [0.15, 0.2) is 11.6 Å². The Morgan fingerprint density at radius 3 is 2.33 bits per heavy atom. The Kier molecular flexibility index (Phi) is 2.43.